The van der Waals surface area contributed by atoms with Crippen LogP contribution in [0.5, 0.6) is 0 Å². The molecule has 0 radical (unpaired) electrons. The van der Waals surface area contributed by atoms with Gasteiger partial charge in [-0.15, -0.1) is 0 Å². The number of hydrogen-bond donors (Lipinski definition) is 2. The van der Waals surface area contributed by atoms with Crippen molar-refractivity contribution in [2.45, 2.75) is 30.6 Å². The molecule has 5 heteroatoms. The van der Waals surface area contributed by atoms with Crippen LogP contribution in [0.15, 0.2) is 48.5 Å². The standard InChI is InChI=1S/C21H20FNO3/c22-15-7-5-13(6-8-15)16(20(25)26)12-23-19(24)18-11-21(18)10-9-14-3-1-2-4-17(14)21/h1-8,16,18H,9-12H2,(H,23,24)(H,25,26). The van der Waals surface area contributed by atoms with Crippen molar-refractivity contribution in [3.8, 4) is 0 Å². The summed E-state index contributed by atoms with van der Waals surface area (Å²) in [6.45, 7) is 0.00796. The first-order valence-corrected chi connectivity index (χ1v) is 8.85. The number of aliphatic carboxylic acids is 1. The zero-order valence-electron chi connectivity index (χ0n) is 14.2. The molecule has 1 saturated carbocycles. The van der Waals surface area contributed by atoms with Gasteiger partial charge in [0, 0.05) is 17.9 Å². The smallest absolute Gasteiger partial charge is 0.312 e. The highest BCUT2D eigenvalue weighted by Crippen LogP contribution is 2.61. The lowest BCUT2D eigenvalue weighted by Gasteiger charge is -2.15. The Morgan fingerprint density at radius 3 is 2.65 bits per heavy atom. The molecule has 0 saturated heterocycles. The second-order valence-corrected chi connectivity index (χ2v) is 7.26. The van der Waals surface area contributed by atoms with Gasteiger partial charge in [0.25, 0.3) is 0 Å². The van der Waals surface area contributed by atoms with Gasteiger partial charge in [-0.3, -0.25) is 9.59 Å². The number of hydrogen-bond acceptors (Lipinski definition) is 2. The molecule has 1 fully saturated rings. The van der Waals surface area contributed by atoms with Crippen molar-refractivity contribution < 1.29 is 19.1 Å². The molecule has 0 aliphatic heterocycles. The van der Waals surface area contributed by atoms with E-state index in [9.17, 15) is 19.1 Å². The van der Waals surface area contributed by atoms with E-state index < -0.39 is 17.7 Å². The van der Waals surface area contributed by atoms with Gasteiger partial charge in [-0.25, -0.2) is 4.39 Å². The molecule has 3 unspecified atom stereocenters. The molecule has 2 aliphatic rings. The number of carbonyl (C=O) groups excluding carboxylic acids is 1. The van der Waals surface area contributed by atoms with Crippen LogP contribution in [0.25, 0.3) is 0 Å². The Bertz CT molecular complexity index is 864. The van der Waals surface area contributed by atoms with Crippen LogP contribution in [0.1, 0.15) is 35.4 Å². The van der Waals surface area contributed by atoms with Crippen LogP contribution >= 0.6 is 0 Å². The first kappa shape index (κ1) is 16.8. The van der Waals surface area contributed by atoms with Crippen LogP contribution in [0.2, 0.25) is 0 Å². The van der Waals surface area contributed by atoms with Crippen molar-refractivity contribution in [1.29, 1.82) is 0 Å². The third kappa shape index (κ3) is 2.77. The van der Waals surface area contributed by atoms with Crippen molar-refractivity contribution in [2.75, 3.05) is 6.54 Å². The summed E-state index contributed by atoms with van der Waals surface area (Å²) in [6.07, 6.45) is 2.79. The van der Waals surface area contributed by atoms with E-state index in [0.29, 0.717) is 5.56 Å². The zero-order chi connectivity index (χ0) is 18.3. The molecule has 0 heterocycles. The van der Waals surface area contributed by atoms with E-state index in [-0.39, 0.29) is 23.8 Å². The number of halogens is 1. The summed E-state index contributed by atoms with van der Waals surface area (Å²) in [5.74, 6) is -2.51. The molecule has 1 amide bonds. The molecule has 2 aromatic rings. The van der Waals surface area contributed by atoms with Gasteiger partial charge in [0.15, 0.2) is 0 Å². The first-order valence-electron chi connectivity index (χ1n) is 8.85. The minimum Gasteiger partial charge on any atom is -0.481 e. The molecular formula is C21H20FNO3. The van der Waals surface area contributed by atoms with Crippen LogP contribution in [-0.2, 0) is 21.4 Å². The summed E-state index contributed by atoms with van der Waals surface area (Å²) in [7, 11) is 0. The van der Waals surface area contributed by atoms with Crippen LogP contribution in [0.3, 0.4) is 0 Å². The van der Waals surface area contributed by atoms with Crippen molar-refractivity contribution >= 4 is 11.9 Å². The van der Waals surface area contributed by atoms with Crippen LogP contribution in [0, 0.1) is 11.7 Å². The summed E-state index contributed by atoms with van der Waals surface area (Å²) in [4.78, 5) is 24.2. The Hall–Kier alpha value is -2.69. The van der Waals surface area contributed by atoms with E-state index in [2.05, 4.69) is 17.4 Å². The molecule has 2 aliphatic carbocycles. The lowest BCUT2D eigenvalue weighted by Crippen LogP contribution is -2.34. The number of rotatable bonds is 5. The molecule has 0 bridgehead atoms. The highest BCUT2D eigenvalue weighted by atomic mass is 19.1. The summed E-state index contributed by atoms with van der Waals surface area (Å²) in [6, 6.07) is 13.6. The number of benzene rings is 2. The normalized spacial score (nSPS) is 24.1. The zero-order valence-corrected chi connectivity index (χ0v) is 14.2. The van der Waals surface area contributed by atoms with E-state index in [1.54, 1.807) is 0 Å². The third-order valence-electron chi connectivity index (χ3n) is 5.84. The maximum atomic E-state index is 13.1. The molecule has 26 heavy (non-hydrogen) atoms. The van der Waals surface area contributed by atoms with Gasteiger partial charge < -0.3 is 10.4 Å². The second-order valence-electron chi connectivity index (χ2n) is 7.26. The third-order valence-corrected chi connectivity index (χ3v) is 5.84. The Morgan fingerprint density at radius 1 is 1.19 bits per heavy atom. The van der Waals surface area contributed by atoms with Crippen LogP contribution in [-0.4, -0.2) is 23.5 Å². The van der Waals surface area contributed by atoms with E-state index in [4.69, 9.17) is 0 Å². The van der Waals surface area contributed by atoms with Gasteiger partial charge in [-0.2, -0.15) is 0 Å². The molecule has 2 aromatic carbocycles. The fourth-order valence-electron chi connectivity index (χ4n) is 4.31. The van der Waals surface area contributed by atoms with Gasteiger partial charge >= 0.3 is 5.97 Å². The van der Waals surface area contributed by atoms with E-state index in [0.717, 1.165) is 19.3 Å². The molecular weight excluding hydrogens is 333 g/mol. The highest BCUT2D eigenvalue weighted by Gasteiger charge is 2.61. The molecule has 134 valence electrons. The van der Waals surface area contributed by atoms with Crippen LogP contribution < -0.4 is 5.32 Å². The number of fused-ring (bicyclic) bond motifs is 2. The number of amides is 1. The fourth-order valence-corrected chi connectivity index (χ4v) is 4.31. The summed E-state index contributed by atoms with van der Waals surface area (Å²) in [5.41, 5.74) is 3.01. The first-order chi connectivity index (χ1) is 12.5. The Labute approximate surface area is 151 Å². The quantitative estimate of drug-likeness (QED) is 0.868. The number of carbonyl (C=O) groups is 2. The van der Waals surface area contributed by atoms with E-state index in [1.807, 2.05) is 12.1 Å². The van der Waals surface area contributed by atoms with Gasteiger partial charge in [0.2, 0.25) is 5.91 Å². The number of nitrogens with one attached hydrogen (secondary N) is 1. The predicted octanol–water partition coefficient (Wildman–Crippen LogP) is 3.01. The largest absolute Gasteiger partial charge is 0.481 e. The summed E-state index contributed by atoms with van der Waals surface area (Å²) < 4.78 is 13.1. The van der Waals surface area contributed by atoms with Crippen molar-refractivity contribution in [1.82, 2.24) is 5.32 Å². The Morgan fingerprint density at radius 2 is 1.92 bits per heavy atom. The molecule has 0 aromatic heterocycles. The number of aryl methyl sites for hydroxylation is 1. The minimum atomic E-state index is -1.03. The Kier molecular flexibility index (Phi) is 4.02. The predicted molar refractivity (Wildman–Crippen MR) is 94.3 cm³/mol. The average Bonchev–Trinajstić information content (AvgIpc) is 3.25. The molecule has 4 rings (SSSR count). The maximum Gasteiger partial charge on any atom is 0.312 e. The Balaban J connectivity index is 1.43. The van der Waals surface area contributed by atoms with Gasteiger partial charge in [0.1, 0.15) is 5.82 Å². The summed E-state index contributed by atoms with van der Waals surface area (Å²) >= 11 is 0. The van der Waals surface area contributed by atoms with Crippen molar-refractivity contribution in [2.24, 2.45) is 5.92 Å². The topological polar surface area (TPSA) is 66.4 Å². The molecule has 1 spiro atoms. The van der Waals surface area contributed by atoms with Crippen LogP contribution in [0.4, 0.5) is 4.39 Å². The van der Waals surface area contributed by atoms with Gasteiger partial charge in [0.05, 0.1) is 5.92 Å². The van der Waals surface area contributed by atoms with E-state index in [1.165, 1.54) is 35.4 Å². The fraction of sp³-hybridized carbons (Fsp3) is 0.333. The maximum absolute atomic E-state index is 13.1. The minimum absolute atomic E-state index is 0.00796. The monoisotopic (exact) mass is 353 g/mol. The molecule has 2 N–H and O–H groups in total. The highest BCUT2D eigenvalue weighted by molar-refractivity contribution is 5.86. The van der Waals surface area contributed by atoms with Gasteiger partial charge in [-0.1, -0.05) is 36.4 Å². The SMILES string of the molecule is O=C(O)C(CNC(=O)C1CC12CCc1ccccc12)c1ccc(F)cc1. The lowest BCUT2D eigenvalue weighted by molar-refractivity contribution is -0.138. The van der Waals surface area contributed by atoms with Crippen molar-refractivity contribution in [3.63, 3.8) is 0 Å². The average molecular weight is 353 g/mol. The summed E-state index contributed by atoms with van der Waals surface area (Å²) in [5, 5.41) is 12.3. The van der Waals surface area contributed by atoms with Gasteiger partial charge in [-0.05, 0) is 48.1 Å². The number of carboxylic acid groups (broad SMARTS) is 1. The molecule has 4 nitrogen and oxygen atoms in total. The number of carboxylic acids is 1. The van der Waals surface area contributed by atoms with E-state index >= 15 is 0 Å². The van der Waals surface area contributed by atoms with Crippen molar-refractivity contribution in [3.05, 3.63) is 71.0 Å². The second kappa shape index (κ2) is 6.24. The lowest BCUT2D eigenvalue weighted by atomic mass is 9.95. The molecule has 3 atom stereocenters.